The molecule has 0 atom stereocenters. The second-order valence-electron chi connectivity index (χ2n) is 11.2. The molecular weight excluding hydrogens is 646 g/mol. The van der Waals surface area contributed by atoms with Crippen LogP contribution in [0.25, 0.3) is 11.1 Å². The van der Waals surface area contributed by atoms with Gasteiger partial charge in [-0.1, -0.05) is 109 Å². The number of phosphoric acid groups is 2. The van der Waals surface area contributed by atoms with Gasteiger partial charge in [0.15, 0.2) is 0 Å². The van der Waals surface area contributed by atoms with Gasteiger partial charge in [0.2, 0.25) is 0 Å². The van der Waals surface area contributed by atoms with Crippen molar-refractivity contribution in [2.24, 2.45) is 0 Å². The molecule has 0 spiro atoms. The van der Waals surface area contributed by atoms with E-state index in [2.05, 4.69) is 0 Å². The van der Waals surface area contributed by atoms with Gasteiger partial charge in [-0.05, 0) is 58.7 Å². The Bertz CT molecular complexity index is 1990. The first-order valence-corrected chi connectivity index (χ1v) is 18.2. The Morgan fingerprint density at radius 1 is 0.375 bits per heavy atom. The summed E-state index contributed by atoms with van der Waals surface area (Å²) in [5, 5.41) is 0. The molecule has 0 saturated carbocycles. The lowest BCUT2D eigenvalue weighted by molar-refractivity contribution is 0.291. The molecule has 0 saturated heterocycles. The molecule has 0 unspecified atom stereocenters. The van der Waals surface area contributed by atoms with E-state index in [1.54, 1.807) is 97.1 Å². The average molecular weight is 675 g/mol. The maximum absolute atomic E-state index is 14.5. The number of fused-ring (bicyclic) bond motifs is 4. The molecule has 0 bridgehead atoms. The molecule has 0 radical (unpaired) electrons. The molecule has 0 N–H and O–H groups in total. The maximum atomic E-state index is 14.5. The summed E-state index contributed by atoms with van der Waals surface area (Å²) in [6.07, 6.45) is 1.07. The number of hydrogen-bond acceptors (Lipinski definition) is 8. The van der Waals surface area contributed by atoms with Crippen LogP contribution in [-0.2, 0) is 22.0 Å². The third kappa shape index (κ3) is 6.04. The van der Waals surface area contributed by atoms with Gasteiger partial charge in [-0.2, -0.15) is 9.13 Å². The minimum Gasteiger partial charge on any atom is -0.386 e. The van der Waals surface area contributed by atoms with Crippen LogP contribution in [0.5, 0.6) is 34.5 Å². The Balaban J connectivity index is 1.17. The van der Waals surface area contributed by atoms with Gasteiger partial charge in [-0.15, -0.1) is 0 Å². The highest BCUT2D eigenvalue weighted by Gasteiger charge is 2.39. The van der Waals surface area contributed by atoms with Gasteiger partial charge in [0.1, 0.15) is 34.5 Å². The SMILES string of the molecule is O=P1(Oc2ccccc2-c2ccccc2OP2(=O)Oc3ccccc3Cc3ccccc3O2)Oc2ccccc2Cc2ccccc2O1. The molecule has 8 nitrogen and oxygen atoms in total. The Morgan fingerprint density at radius 3 is 0.979 bits per heavy atom. The van der Waals surface area contributed by atoms with Gasteiger partial charge in [0.05, 0.1) is 0 Å². The van der Waals surface area contributed by atoms with Gasteiger partial charge in [-0.25, -0.2) is 0 Å². The van der Waals surface area contributed by atoms with E-state index in [-0.39, 0.29) is 11.5 Å². The predicted molar refractivity (Wildman–Crippen MR) is 182 cm³/mol. The fourth-order valence-electron chi connectivity index (χ4n) is 5.74. The van der Waals surface area contributed by atoms with E-state index >= 15 is 0 Å². The van der Waals surface area contributed by atoms with Crippen LogP contribution < -0.4 is 27.1 Å². The molecule has 6 aromatic carbocycles. The summed E-state index contributed by atoms with van der Waals surface area (Å²) >= 11 is 0. The van der Waals surface area contributed by atoms with Crippen molar-refractivity contribution in [3.8, 4) is 45.6 Å². The molecule has 2 aliphatic rings. The van der Waals surface area contributed by atoms with Crippen LogP contribution >= 0.6 is 15.6 Å². The molecule has 2 heterocycles. The highest BCUT2D eigenvalue weighted by molar-refractivity contribution is 7.50. The van der Waals surface area contributed by atoms with Crippen LogP contribution in [0.2, 0.25) is 0 Å². The quantitative estimate of drug-likeness (QED) is 0.167. The van der Waals surface area contributed by atoms with Gasteiger partial charge >= 0.3 is 15.6 Å². The molecule has 0 fully saturated rings. The van der Waals surface area contributed by atoms with E-state index in [4.69, 9.17) is 27.1 Å². The third-order valence-corrected chi connectivity index (χ3v) is 10.5. The zero-order valence-corrected chi connectivity index (χ0v) is 27.2. The normalized spacial score (nSPS) is 15.2. The van der Waals surface area contributed by atoms with Gasteiger partial charge in [0, 0.05) is 24.0 Å². The van der Waals surface area contributed by atoms with Crippen LogP contribution in [0.15, 0.2) is 146 Å². The van der Waals surface area contributed by atoms with Crippen molar-refractivity contribution in [1.29, 1.82) is 0 Å². The molecule has 8 rings (SSSR count). The van der Waals surface area contributed by atoms with Crippen molar-refractivity contribution < 1.29 is 36.3 Å². The summed E-state index contributed by atoms with van der Waals surface area (Å²) in [4.78, 5) is 0. The molecule has 0 amide bonds. The van der Waals surface area contributed by atoms with Crippen molar-refractivity contribution in [1.82, 2.24) is 0 Å². The maximum Gasteiger partial charge on any atom is 0.647 e. The van der Waals surface area contributed by atoms with Gasteiger partial charge in [-0.3, -0.25) is 0 Å². The number of rotatable bonds is 5. The summed E-state index contributed by atoms with van der Waals surface area (Å²) in [5.74, 6) is 1.98. The minimum absolute atomic E-state index is 0.195. The Morgan fingerprint density at radius 2 is 0.646 bits per heavy atom. The zero-order valence-electron chi connectivity index (χ0n) is 25.4. The third-order valence-electron chi connectivity index (χ3n) is 7.98. The summed E-state index contributed by atoms with van der Waals surface area (Å²) in [6.45, 7) is 0. The zero-order chi connectivity index (χ0) is 32.6. The molecular formula is C38H28O8P2. The van der Waals surface area contributed by atoms with Crippen molar-refractivity contribution in [3.05, 3.63) is 168 Å². The molecule has 0 aliphatic carbocycles. The average Bonchev–Trinajstić information content (AvgIpc) is 3.07. The summed E-state index contributed by atoms with van der Waals surface area (Å²) in [5.41, 5.74) is 4.34. The van der Waals surface area contributed by atoms with Crippen LogP contribution in [0.1, 0.15) is 22.3 Å². The smallest absolute Gasteiger partial charge is 0.386 e. The Labute approximate surface area is 277 Å². The number of hydrogen-bond donors (Lipinski definition) is 0. The number of para-hydroxylation sites is 6. The lowest BCUT2D eigenvalue weighted by Crippen LogP contribution is -2.13. The fraction of sp³-hybridized carbons (Fsp3) is 0.0526. The predicted octanol–water partition coefficient (Wildman–Crippen LogP) is 10.5. The number of phosphoric ester groups is 2. The van der Waals surface area contributed by atoms with E-state index in [9.17, 15) is 9.13 Å². The van der Waals surface area contributed by atoms with E-state index in [1.165, 1.54) is 0 Å². The van der Waals surface area contributed by atoms with Crippen molar-refractivity contribution in [3.63, 3.8) is 0 Å². The van der Waals surface area contributed by atoms with Crippen LogP contribution in [0.3, 0.4) is 0 Å². The summed E-state index contributed by atoms with van der Waals surface area (Å²) in [6, 6.07) is 43.4. The molecule has 10 heteroatoms. The largest absolute Gasteiger partial charge is 0.647 e. The first kappa shape index (κ1) is 29.9. The molecule has 2 aliphatic heterocycles. The first-order valence-electron chi connectivity index (χ1n) is 15.3. The Kier molecular flexibility index (Phi) is 7.68. The van der Waals surface area contributed by atoms with E-state index < -0.39 is 15.6 Å². The van der Waals surface area contributed by atoms with Crippen LogP contribution in [-0.4, -0.2) is 0 Å². The fourth-order valence-corrected chi connectivity index (χ4v) is 8.44. The summed E-state index contributed by atoms with van der Waals surface area (Å²) < 4.78 is 65.4. The highest BCUT2D eigenvalue weighted by Crippen LogP contribution is 2.57. The van der Waals surface area contributed by atoms with Crippen LogP contribution in [0, 0.1) is 0 Å². The summed E-state index contributed by atoms with van der Waals surface area (Å²) in [7, 11) is -8.62. The monoisotopic (exact) mass is 674 g/mol. The van der Waals surface area contributed by atoms with E-state index in [0.29, 0.717) is 47.0 Å². The second kappa shape index (κ2) is 12.3. The van der Waals surface area contributed by atoms with Crippen molar-refractivity contribution in [2.45, 2.75) is 12.8 Å². The van der Waals surface area contributed by atoms with Gasteiger partial charge in [0.25, 0.3) is 0 Å². The molecule has 0 aromatic heterocycles. The standard InChI is InChI=1S/C38H28O8P2/c39-47(41-33-19-7-1-13-27(33)25-28-14-2-8-20-34(28)42-47)45-37-23-11-5-17-31(37)32-18-6-12-24-38(32)46-48(40)43-35-21-9-3-15-29(35)26-30-16-4-10-22-36(30)44-48/h1-24H,25-26H2. The molecule has 48 heavy (non-hydrogen) atoms. The number of benzene rings is 6. The lowest BCUT2D eigenvalue weighted by atomic mass is 10.0. The van der Waals surface area contributed by atoms with E-state index in [0.717, 1.165) is 22.3 Å². The van der Waals surface area contributed by atoms with Gasteiger partial charge < -0.3 is 27.1 Å². The van der Waals surface area contributed by atoms with Crippen molar-refractivity contribution >= 4 is 15.6 Å². The second-order valence-corrected chi connectivity index (χ2v) is 14.1. The minimum atomic E-state index is -4.31. The van der Waals surface area contributed by atoms with Crippen molar-refractivity contribution in [2.75, 3.05) is 0 Å². The first-order chi connectivity index (χ1) is 23.4. The lowest BCUT2D eigenvalue weighted by Gasteiger charge is -2.26. The highest BCUT2D eigenvalue weighted by atomic mass is 31.2. The van der Waals surface area contributed by atoms with E-state index in [1.807, 2.05) is 48.5 Å². The Hall–Kier alpha value is -5.42. The van der Waals surface area contributed by atoms with Crippen LogP contribution in [0.4, 0.5) is 0 Å². The topological polar surface area (TPSA) is 89.5 Å². The molecule has 6 aromatic rings. The molecule has 238 valence electrons.